The Bertz CT molecular complexity index is 324. The third-order valence-electron chi connectivity index (χ3n) is 2.96. The molecule has 1 rings (SSSR count). The molecule has 1 atom stereocenters. The van der Waals surface area contributed by atoms with Crippen LogP contribution in [0, 0.1) is 11.7 Å². The first-order chi connectivity index (χ1) is 8.63. The summed E-state index contributed by atoms with van der Waals surface area (Å²) >= 11 is 1.87. The first-order valence-electron chi connectivity index (χ1n) is 6.58. The molecule has 0 amide bonds. The molecule has 0 radical (unpaired) electrons. The third-order valence-corrected chi connectivity index (χ3v) is 3.60. The van der Waals surface area contributed by atoms with Crippen LogP contribution < -0.4 is 5.32 Å². The highest BCUT2D eigenvalue weighted by Gasteiger charge is 2.11. The zero-order valence-electron chi connectivity index (χ0n) is 11.6. The third kappa shape index (κ3) is 5.87. The lowest BCUT2D eigenvalue weighted by Gasteiger charge is -2.18. The monoisotopic (exact) mass is 269 g/mol. The summed E-state index contributed by atoms with van der Waals surface area (Å²) in [6.45, 7) is 6.44. The molecule has 1 N–H and O–H groups in total. The minimum absolute atomic E-state index is 0.155. The fourth-order valence-electron chi connectivity index (χ4n) is 1.93. The maximum atomic E-state index is 12.9. The summed E-state index contributed by atoms with van der Waals surface area (Å²) < 4.78 is 12.9. The highest BCUT2D eigenvalue weighted by molar-refractivity contribution is 7.98. The van der Waals surface area contributed by atoms with Gasteiger partial charge < -0.3 is 5.32 Å². The zero-order valence-corrected chi connectivity index (χ0v) is 12.4. The predicted molar refractivity (Wildman–Crippen MR) is 79.8 cm³/mol. The maximum Gasteiger partial charge on any atom is 0.123 e. The second kappa shape index (κ2) is 8.54. The Balaban J connectivity index is 2.56. The lowest BCUT2D eigenvalue weighted by molar-refractivity contribution is 0.510. The largest absolute Gasteiger partial charge is 0.316 e. The van der Waals surface area contributed by atoms with Gasteiger partial charge in [-0.3, -0.25) is 0 Å². The Morgan fingerprint density at radius 2 is 1.83 bits per heavy atom. The standard InChI is InChI=1S/C15H24FNS/c1-12(2)10-17-11-14(8-9-18-3)13-4-6-15(16)7-5-13/h4-7,12,14,17H,8-11H2,1-3H3. The van der Waals surface area contributed by atoms with Gasteiger partial charge in [0.15, 0.2) is 0 Å². The van der Waals surface area contributed by atoms with Crippen molar-refractivity contribution >= 4 is 11.8 Å². The van der Waals surface area contributed by atoms with Gasteiger partial charge in [-0.2, -0.15) is 11.8 Å². The van der Waals surface area contributed by atoms with Crippen molar-refractivity contribution < 1.29 is 4.39 Å². The van der Waals surface area contributed by atoms with Gasteiger partial charge in [0.1, 0.15) is 5.82 Å². The summed E-state index contributed by atoms with van der Waals surface area (Å²) in [6.07, 6.45) is 3.27. The SMILES string of the molecule is CSCCC(CNCC(C)C)c1ccc(F)cc1. The first-order valence-corrected chi connectivity index (χ1v) is 7.98. The van der Waals surface area contributed by atoms with Crippen molar-refractivity contribution in [3.63, 3.8) is 0 Å². The van der Waals surface area contributed by atoms with Crippen LogP contribution >= 0.6 is 11.8 Å². The number of hydrogen-bond donors (Lipinski definition) is 1. The summed E-state index contributed by atoms with van der Waals surface area (Å²) in [5.41, 5.74) is 1.24. The summed E-state index contributed by atoms with van der Waals surface area (Å²) in [5, 5.41) is 3.50. The molecule has 0 saturated carbocycles. The Hall–Kier alpha value is -0.540. The van der Waals surface area contributed by atoms with E-state index in [0.717, 1.165) is 25.3 Å². The molecule has 1 aromatic rings. The molecule has 1 aromatic carbocycles. The van der Waals surface area contributed by atoms with Gasteiger partial charge in [0.25, 0.3) is 0 Å². The maximum absolute atomic E-state index is 12.9. The minimum Gasteiger partial charge on any atom is -0.316 e. The second-order valence-corrected chi connectivity index (χ2v) is 6.07. The highest BCUT2D eigenvalue weighted by atomic mass is 32.2. The molecule has 102 valence electrons. The average Bonchev–Trinajstić information content (AvgIpc) is 2.34. The van der Waals surface area contributed by atoms with Crippen molar-refractivity contribution in [2.24, 2.45) is 5.92 Å². The van der Waals surface area contributed by atoms with Crippen LogP contribution in [0.3, 0.4) is 0 Å². The van der Waals surface area contributed by atoms with Gasteiger partial charge in [-0.05, 0) is 54.5 Å². The number of benzene rings is 1. The van der Waals surface area contributed by atoms with E-state index in [4.69, 9.17) is 0 Å². The van der Waals surface area contributed by atoms with E-state index < -0.39 is 0 Å². The van der Waals surface area contributed by atoms with Crippen LogP contribution in [0.5, 0.6) is 0 Å². The predicted octanol–water partition coefficient (Wildman–Crippen LogP) is 3.91. The van der Waals surface area contributed by atoms with Crippen molar-refractivity contribution in [1.82, 2.24) is 5.32 Å². The number of thioether (sulfide) groups is 1. The van der Waals surface area contributed by atoms with E-state index in [1.165, 1.54) is 5.56 Å². The molecule has 0 aliphatic heterocycles. The highest BCUT2D eigenvalue weighted by Crippen LogP contribution is 2.21. The lowest BCUT2D eigenvalue weighted by Crippen LogP contribution is -2.25. The van der Waals surface area contributed by atoms with Crippen molar-refractivity contribution in [3.05, 3.63) is 35.6 Å². The van der Waals surface area contributed by atoms with E-state index in [2.05, 4.69) is 25.4 Å². The second-order valence-electron chi connectivity index (χ2n) is 5.08. The normalized spacial score (nSPS) is 12.9. The number of hydrogen-bond acceptors (Lipinski definition) is 2. The molecular weight excluding hydrogens is 245 g/mol. The Morgan fingerprint density at radius 1 is 1.17 bits per heavy atom. The Labute approximate surface area is 115 Å². The van der Waals surface area contributed by atoms with Crippen LogP contribution in [0.4, 0.5) is 4.39 Å². The molecule has 0 aliphatic rings. The average molecular weight is 269 g/mol. The van der Waals surface area contributed by atoms with Gasteiger partial charge in [0.05, 0.1) is 0 Å². The molecule has 1 unspecified atom stereocenters. The molecule has 0 heterocycles. The van der Waals surface area contributed by atoms with Crippen molar-refractivity contribution in [1.29, 1.82) is 0 Å². The Morgan fingerprint density at radius 3 is 2.39 bits per heavy atom. The van der Waals surface area contributed by atoms with E-state index in [1.54, 1.807) is 12.1 Å². The number of rotatable bonds is 8. The lowest BCUT2D eigenvalue weighted by atomic mass is 9.96. The molecule has 0 aromatic heterocycles. The van der Waals surface area contributed by atoms with E-state index in [0.29, 0.717) is 11.8 Å². The Kier molecular flexibility index (Phi) is 7.36. The van der Waals surface area contributed by atoms with Crippen molar-refractivity contribution in [3.8, 4) is 0 Å². The van der Waals surface area contributed by atoms with Gasteiger partial charge in [-0.25, -0.2) is 4.39 Å². The van der Waals surface area contributed by atoms with E-state index in [9.17, 15) is 4.39 Å². The minimum atomic E-state index is -0.155. The molecular formula is C15H24FNS. The molecule has 0 bridgehead atoms. The molecule has 0 spiro atoms. The van der Waals surface area contributed by atoms with Crippen LogP contribution in [0.1, 0.15) is 31.7 Å². The molecule has 0 aliphatic carbocycles. The van der Waals surface area contributed by atoms with Gasteiger partial charge in [0.2, 0.25) is 0 Å². The quantitative estimate of drug-likeness (QED) is 0.768. The molecule has 18 heavy (non-hydrogen) atoms. The van der Waals surface area contributed by atoms with Gasteiger partial charge in [0, 0.05) is 6.54 Å². The van der Waals surface area contributed by atoms with Gasteiger partial charge in [-0.1, -0.05) is 26.0 Å². The number of nitrogens with one attached hydrogen (secondary N) is 1. The van der Waals surface area contributed by atoms with Crippen LogP contribution in [0.15, 0.2) is 24.3 Å². The van der Waals surface area contributed by atoms with Gasteiger partial charge in [-0.15, -0.1) is 0 Å². The van der Waals surface area contributed by atoms with E-state index >= 15 is 0 Å². The fraction of sp³-hybridized carbons (Fsp3) is 0.600. The summed E-state index contributed by atoms with van der Waals surface area (Å²) in [7, 11) is 0. The van der Waals surface area contributed by atoms with Crippen molar-refractivity contribution in [2.75, 3.05) is 25.1 Å². The van der Waals surface area contributed by atoms with Gasteiger partial charge >= 0.3 is 0 Å². The van der Waals surface area contributed by atoms with E-state index in [1.807, 2.05) is 23.9 Å². The molecule has 0 fully saturated rings. The molecule has 0 saturated heterocycles. The molecule has 1 nitrogen and oxygen atoms in total. The van der Waals surface area contributed by atoms with E-state index in [-0.39, 0.29) is 5.82 Å². The smallest absolute Gasteiger partial charge is 0.123 e. The summed E-state index contributed by atoms with van der Waals surface area (Å²) in [4.78, 5) is 0. The number of halogens is 1. The first kappa shape index (κ1) is 15.5. The van der Waals surface area contributed by atoms with Crippen LogP contribution in [0.2, 0.25) is 0 Å². The van der Waals surface area contributed by atoms with Crippen LogP contribution in [-0.2, 0) is 0 Å². The summed E-state index contributed by atoms with van der Waals surface area (Å²) in [6, 6.07) is 6.95. The topological polar surface area (TPSA) is 12.0 Å². The molecule has 3 heteroatoms. The summed E-state index contributed by atoms with van der Waals surface area (Å²) in [5.74, 6) is 2.14. The van der Waals surface area contributed by atoms with Crippen molar-refractivity contribution in [2.45, 2.75) is 26.2 Å². The van der Waals surface area contributed by atoms with Crippen LogP contribution in [0.25, 0.3) is 0 Å². The zero-order chi connectivity index (χ0) is 13.4. The van der Waals surface area contributed by atoms with Crippen LogP contribution in [-0.4, -0.2) is 25.1 Å². The fourth-order valence-corrected chi connectivity index (χ4v) is 2.45.